The first-order chi connectivity index (χ1) is 19.0. The zero-order valence-electron chi connectivity index (χ0n) is 23.1. The van der Waals surface area contributed by atoms with Gasteiger partial charge < -0.3 is 19.3 Å². The molecule has 1 aliphatic rings. The lowest BCUT2D eigenvalue weighted by Gasteiger charge is -2.32. The van der Waals surface area contributed by atoms with Crippen LogP contribution in [-0.2, 0) is 27.4 Å². The van der Waals surface area contributed by atoms with Crippen LogP contribution in [-0.4, -0.2) is 68.1 Å². The summed E-state index contributed by atoms with van der Waals surface area (Å²) in [6.45, 7) is 6.11. The number of rotatable bonds is 7. The number of methoxy groups -OCH3 is 1. The standard InChI is InChI=1S/C32H39N3O4/c1-26-12-9-15-28-23-34(30(36)24-38-2)20-10-18-33(22-27-13-5-3-6-14-27)19-11-21-35(32(26)28)31(37)25-39-29-16-7-4-8-17-29/h3-9,12-17H,10-11,18-25H2,1-2H3. The molecule has 7 heteroatoms. The summed E-state index contributed by atoms with van der Waals surface area (Å²) in [5, 5.41) is 0. The number of anilines is 1. The number of carbonyl (C=O) groups is 2. The molecule has 3 aromatic carbocycles. The maximum absolute atomic E-state index is 13.7. The van der Waals surface area contributed by atoms with E-state index in [2.05, 4.69) is 29.2 Å². The number of amides is 2. The monoisotopic (exact) mass is 529 g/mol. The van der Waals surface area contributed by atoms with Gasteiger partial charge in [0.25, 0.3) is 5.91 Å². The minimum atomic E-state index is -0.101. The highest BCUT2D eigenvalue weighted by molar-refractivity contribution is 5.96. The Hall–Kier alpha value is -3.68. The van der Waals surface area contributed by atoms with Crippen molar-refractivity contribution in [1.82, 2.24) is 9.80 Å². The number of hydrogen-bond acceptors (Lipinski definition) is 5. The quantitative estimate of drug-likeness (QED) is 0.445. The molecule has 0 aromatic heterocycles. The molecule has 0 saturated heterocycles. The second kappa shape index (κ2) is 14.5. The van der Waals surface area contributed by atoms with E-state index in [1.807, 2.05) is 71.3 Å². The van der Waals surface area contributed by atoms with Crippen molar-refractivity contribution in [2.75, 3.05) is 51.4 Å². The Morgan fingerprint density at radius 1 is 0.769 bits per heavy atom. The molecule has 0 atom stereocenters. The lowest BCUT2D eigenvalue weighted by molar-refractivity contribution is -0.135. The number of ether oxygens (including phenoxy) is 2. The van der Waals surface area contributed by atoms with Crippen molar-refractivity contribution in [3.63, 3.8) is 0 Å². The molecule has 206 valence electrons. The van der Waals surface area contributed by atoms with Gasteiger partial charge in [-0.05, 0) is 48.6 Å². The molecule has 7 nitrogen and oxygen atoms in total. The lowest BCUT2D eigenvalue weighted by atomic mass is 10.0. The fraction of sp³-hybridized carbons (Fsp3) is 0.375. The Morgan fingerprint density at radius 3 is 2.18 bits per heavy atom. The van der Waals surface area contributed by atoms with Gasteiger partial charge in [0.05, 0.1) is 5.69 Å². The van der Waals surface area contributed by atoms with Gasteiger partial charge in [-0.3, -0.25) is 14.5 Å². The average Bonchev–Trinajstić information content (AvgIpc) is 2.94. The van der Waals surface area contributed by atoms with Gasteiger partial charge in [0.15, 0.2) is 6.61 Å². The van der Waals surface area contributed by atoms with E-state index in [9.17, 15) is 9.59 Å². The molecule has 0 fully saturated rings. The Labute approximate surface area is 231 Å². The molecule has 0 saturated carbocycles. The minimum Gasteiger partial charge on any atom is -0.484 e. The van der Waals surface area contributed by atoms with Crippen LogP contribution in [0.2, 0.25) is 0 Å². The zero-order chi connectivity index (χ0) is 27.5. The largest absolute Gasteiger partial charge is 0.484 e. The summed E-state index contributed by atoms with van der Waals surface area (Å²) in [4.78, 5) is 32.8. The number of nitrogens with zero attached hydrogens (tertiary/aromatic N) is 3. The average molecular weight is 530 g/mol. The van der Waals surface area contributed by atoms with Crippen LogP contribution >= 0.6 is 0 Å². The van der Waals surface area contributed by atoms with E-state index >= 15 is 0 Å². The molecule has 39 heavy (non-hydrogen) atoms. The third-order valence-corrected chi connectivity index (χ3v) is 6.99. The number of fused-ring (bicyclic) bond motifs is 1. The van der Waals surface area contributed by atoms with E-state index in [-0.39, 0.29) is 25.0 Å². The van der Waals surface area contributed by atoms with Crippen molar-refractivity contribution in [1.29, 1.82) is 0 Å². The van der Waals surface area contributed by atoms with Crippen molar-refractivity contribution < 1.29 is 19.1 Å². The summed E-state index contributed by atoms with van der Waals surface area (Å²) < 4.78 is 11.0. The summed E-state index contributed by atoms with van der Waals surface area (Å²) in [6.07, 6.45) is 1.68. The van der Waals surface area contributed by atoms with Gasteiger partial charge in [-0.2, -0.15) is 0 Å². The molecule has 0 spiro atoms. The maximum atomic E-state index is 13.7. The van der Waals surface area contributed by atoms with E-state index in [0.717, 1.165) is 49.3 Å². The summed E-state index contributed by atoms with van der Waals surface area (Å²) in [5.74, 6) is 0.508. The van der Waals surface area contributed by atoms with Crippen LogP contribution in [0.3, 0.4) is 0 Å². The number of carbonyl (C=O) groups excluding carboxylic acids is 2. The molecule has 0 aliphatic carbocycles. The van der Waals surface area contributed by atoms with E-state index in [4.69, 9.17) is 9.47 Å². The van der Waals surface area contributed by atoms with Crippen LogP contribution in [0, 0.1) is 6.92 Å². The predicted molar refractivity (Wildman–Crippen MR) is 154 cm³/mol. The fourth-order valence-electron chi connectivity index (χ4n) is 5.10. The Kier molecular flexibility index (Phi) is 10.5. The first-order valence-corrected chi connectivity index (χ1v) is 13.6. The second-order valence-corrected chi connectivity index (χ2v) is 9.95. The van der Waals surface area contributed by atoms with Crippen molar-refractivity contribution in [2.45, 2.75) is 32.9 Å². The first kappa shape index (κ1) is 28.3. The molecular formula is C32H39N3O4. The van der Waals surface area contributed by atoms with Crippen LogP contribution in [0.4, 0.5) is 5.69 Å². The minimum absolute atomic E-state index is 0.0302. The lowest BCUT2D eigenvalue weighted by Crippen LogP contribution is -2.41. The van der Waals surface area contributed by atoms with Crippen LogP contribution in [0.1, 0.15) is 29.5 Å². The summed E-state index contributed by atoms with van der Waals surface area (Å²) in [7, 11) is 1.54. The normalized spacial score (nSPS) is 15.1. The van der Waals surface area contributed by atoms with Gasteiger partial charge in [-0.1, -0.05) is 66.7 Å². The molecular weight excluding hydrogens is 490 g/mol. The van der Waals surface area contributed by atoms with Gasteiger partial charge >= 0.3 is 0 Å². The smallest absolute Gasteiger partial charge is 0.264 e. The molecule has 0 N–H and O–H groups in total. The van der Waals surface area contributed by atoms with Gasteiger partial charge in [0, 0.05) is 46.4 Å². The summed E-state index contributed by atoms with van der Waals surface area (Å²) in [5.41, 5.74) is 4.07. The molecule has 2 amide bonds. The zero-order valence-corrected chi connectivity index (χ0v) is 23.1. The van der Waals surface area contributed by atoms with E-state index < -0.39 is 0 Å². The van der Waals surface area contributed by atoms with Crippen LogP contribution in [0.25, 0.3) is 0 Å². The summed E-state index contributed by atoms with van der Waals surface area (Å²) in [6, 6.07) is 25.9. The SMILES string of the molecule is COCC(=O)N1CCCN(Cc2ccccc2)CCCN(C(=O)COc2ccccc2)c2c(C)cccc2C1. The third kappa shape index (κ3) is 8.15. The van der Waals surface area contributed by atoms with Gasteiger partial charge in [-0.15, -0.1) is 0 Å². The highest BCUT2D eigenvalue weighted by Crippen LogP contribution is 2.28. The molecule has 1 aliphatic heterocycles. The van der Waals surface area contributed by atoms with E-state index in [1.165, 1.54) is 5.56 Å². The van der Waals surface area contributed by atoms with Gasteiger partial charge in [-0.25, -0.2) is 0 Å². The van der Waals surface area contributed by atoms with E-state index in [1.54, 1.807) is 7.11 Å². The third-order valence-electron chi connectivity index (χ3n) is 6.99. The Balaban J connectivity index is 1.62. The number of hydrogen-bond donors (Lipinski definition) is 0. The molecule has 1 heterocycles. The molecule has 0 bridgehead atoms. The summed E-state index contributed by atoms with van der Waals surface area (Å²) >= 11 is 0. The van der Waals surface area contributed by atoms with Crippen molar-refractivity contribution >= 4 is 17.5 Å². The predicted octanol–water partition coefficient (Wildman–Crippen LogP) is 4.68. The first-order valence-electron chi connectivity index (χ1n) is 13.6. The topological polar surface area (TPSA) is 62.3 Å². The second-order valence-electron chi connectivity index (χ2n) is 9.95. The molecule has 0 unspecified atom stereocenters. The number of aryl methyl sites for hydroxylation is 1. The fourth-order valence-corrected chi connectivity index (χ4v) is 5.10. The number of benzene rings is 3. The van der Waals surface area contributed by atoms with Crippen molar-refractivity contribution in [3.8, 4) is 5.75 Å². The molecule has 4 rings (SSSR count). The van der Waals surface area contributed by atoms with Gasteiger partial charge in [0.1, 0.15) is 12.4 Å². The van der Waals surface area contributed by atoms with Crippen LogP contribution < -0.4 is 9.64 Å². The Morgan fingerprint density at radius 2 is 1.46 bits per heavy atom. The highest BCUT2D eigenvalue weighted by Gasteiger charge is 2.25. The van der Waals surface area contributed by atoms with Crippen molar-refractivity contribution in [3.05, 3.63) is 95.6 Å². The van der Waals surface area contributed by atoms with E-state index in [0.29, 0.717) is 25.4 Å². The van der Waals surface area contributed by atoms with Crippen molar-refractivity contribution in [2.24, 2.45) is 0 Å². The number of para-hydroxylation sites is 2. The van der Waals surface area contributed by atoms with Gasteiger partial charge in [0.2, 0.25) is 5.91 Å². The van der Waals surface area contributed by atoms with Crippen LogP contribution in [0.5, 0.6) is 5.75 Å². The highest BCUT2D eigenvalue weighted by atomic mass is 16.5. The maximum Gasteiger partial charge on any atom is 0.264 e. The molecule has 0 radical (unpaired) electrons. The molecule has 3 aromatic rings. The van der Waals surface area contributed by atoms with Crippen LogP contribution in [0.15, 0.2) is 78.9 Å². The Bertz CT molecular complexity index is 1200.